The summed E-state index contributed by atoms with van der Waals surface area (Å²) in [6.45, 7) is 3.49. The van der Waals surface area contributed by atoms with Crippen LogP contribution in [0.25, 0.3) is 0 Å². The minimum Gasteiger partial charge on any atom is -0.496 e. The van der Waals surface area contributed by atoms with E-state index in [0.717, 1.165) is 36.9 Å². The second kappa shape index (κ2) is 10.6. The first-order valence-electron chi connectivity index (χ1n) is 10.3. The van der Waals surface area contributed by atoms with Crippen molar-refractivity contribution in [2.24, 2.45) is 10.7 Å². The minimum absolute atomic E-state index is 0.206. The Kier molecular flexibility index (Phi) is 7.68. The lowest BCUT2D eigenvalue weighted by molar-refractivity contribution is 0.100. The molecule has 1 saturated heterocycles. The summed E-state index contributed by atoms with van der Waals surface area (Å²) in [7, 11) is 3.48. The molecule has 7 heteroatoms. The summed E-state index contributed by atoms with van der Waals surface area (Å²) in [6, 6.07) is 15.7. The number of guanidine groups is 1. The zero-order valence-electron chi connectivity index (χ0n) is 17.7. The van der Waals surface area contributed by atoms with Crippen LogP contribution in [0.2, 0.25) is 0 Å². The van der Waals surface area contributed by atoms with Gasteiger partial charge in [-0.2, -0.15) is 0 Å². The summed E-state index contributed by atoms with van der Waals surface area (Å²) in [6.07, 6.45) is 2.44. The second-order valence-electron chi connectivity index (χ2n) is 7.37. The van der Waals surface area contributed by atoms with E-state index in [1.54, 1.807) is 26.3 Å². The Hall–Kier alpha value is -3.06. The number of benzene rings is 2. The normalized spacial score (nSPS) is 15.6. The van der Waals surface area contributed by atoms with Crippen LogP contribution < -0.4 is 21.1 Å². The molecule has 0 bridgehead atoms. The molecule has 0 aromatic heterocycles. The zero-order valence-corrected chi connectivity index (χ0v) is 17.7. The molecule has 0 aliphatic carbocycles. The van der Waals surface area contributed by atoms with Crippen LogP contribution in [0.5, 0.6) is 5.75 Å². The Labute approximate surface area is 178 Å². The van der Waals surface area contributed by atoms with Crippen molar-refractivity contribution in [3.05, 3.63) is 65.2 Å². The molecular formula is C23H31N5O2. The van der Waals surface area contributed by atoms with Crippen LogP contribution in [-0.2, 0) is 6.54 Å². The summed E-state index contributed by atoms with van der Waals surface area (Å²) >= 11 is 0. The standard InChI is InChI=1S/C23H31N5O2/c1-25-23(26-15-17-9-11-18(12-10-17)22(24)29)27-16-20(28-13-5-6-14-28)19-7-3-4-8-21(19)30-2/h3-4,7-12,20H,5-6,13-16H2,1-2H3,(H2,24,29)(H2,25,26,27). The van der Waals surface area contributed by atoms with E-state index in [0.29, 0.717) is 12.1 Å². The van der Waals surface area contributed by atoms with E-state index in [4.69, 9.17) is 10.5 Å². The lowest BCUT2D eigenvalue weighted by Crippen LogP contribution is -2.42. The van der Waals surface area contributed by atoms with Crippen molar-refractivity contribution in [1.82, 2.24) is 15.5 Å². The molecule has 2 aromatic rings. The molecule has 1 atom stereocenters. The highest BCUT2D eigenvalue weighted by molar-refractivity contribution is 5.92. The van der Waals surface area contributed by atoms with Crippen molar-refractivity contribution in [2.75, 3.05) is 33.8 Å². The van der Waals surface area contributed by atoms with Crippen molar-refractivity contribution in [3.63, 3.8) is 0 Å². The van der Waals surface area contributed by atoms with E-state index in [9.17, 15) is 4.79 Å². The topological polar surface area (TPSA) is 92.0 Å². The molecule has 160 valence electrons. The number of nitrogens with two attached hydrogens (primary N) is 1. The van der Waals surface area contributed by atoms with Gasteiger partial charge in [-0.1, -0.05) is 30.3 Å². The van der Waals surface area contributed by atoms with E-state index in [2.05, 4.69) is 32.7 Å². The number of rotatable bonds is 8. The number of para-hydroxylation sites is 1. The number of hydrogen-bond acceptors (Lipinski definition) is 4. The van der Waals surface area contributed by atoms with E-state index in [1.807, 2.05) is 24.3 Å². The third-order valence-electron chi connectivity index (χ3n) is 5.46. The summed E-state index contributed by atoms with van der Waals surface area (Å²) in [5, 5.41) is 6.80. The Morgan fingerprint density at radius 3 is 2.47 bits per heavy atom. The van der Waals surface area contributed by atoms with Gasteiger partial charge in [0.2, 0.25) is 5.91 Å². The average Bonchev–Trinajstić information content (AvgIpc) is 3.31. The maximum atomic E-state index is 11.2. The molecule has 2 aromatic carbocycles. The second-order valence-corrected chi connectivity index (χ2v) is 7.37. The van der Waals surface area contributed by atoms with Crippen LogP contribution in [0.3, 0.4) is 0 Å². The first-order chi connectivity index (χ1) is 14.6. The van der Waals surface area contributed by atoms with Gasteiger partial charge in [0.15, 0.2) is 5.96 Å². The van der Waals surface area contributed by atoms with Crippen LogP contribution >= 0.6 is 0 Å². The maximum Gasteiger partial charge on any atom is 0.248 e. The molecule has 30 heavy (non-hydrogen) atoms. The number of nitrogens with zero attached hydrogens (tertiary/aromatic N) is 2. The van der Waals surface area contributed by atoms with Gasteiger partial charge in [0.05, 0.1) is 13.2 Å². The molecule has 4 N–H and O–H groups in total. The Morgan fingerprint density at radius 1 is 1.13 bits per heavy atom. The van der Waals surface area contributed by atoms with Gasteiger partial charge in [-0.15, -0.1) is 0 Å². The molecule has 1 unspecified atom stereocenters. The number of methoxy groups -OCH3 is 1. The first-order valence-corrected chi connectivity index (χ1v) is 10.3. The highest BCUT2D eigenvalue weighted by Gasteiger charge is 2.26. The third-order valence-corrected chi connectivity index (χ3v) is 5.46. The monoisotopic (exact) mass is 409 g/mol. The fourth-order valence-electron chi connectivity index (χ4n) is 3.82. The minimum atomic E-state index is -0.420. The Balaban J connectivity index is 1.63. The molecule has 0 saturated carbocycles. The van der Waals surface area contributed by atoms with Crippen LogP contribution in [-0.4, -0.2) is 50.6 Å². The van der Waals surface area contributed by atoms with Crippen LogP contribution in [0.4, 0.5) is 0 Å². The molecule has 0 spiro atoms. The van der Waals surface area contributed by atoms with Gasteiger partial charge in [0, 0.05) is 31.3 Å². The number of amides is 1. The quantitative estimate of drug-likeness (QED) is 0.460. The van der Waals surface area contributed by atoms with E-state index < -0.39 is 5.91 Å². The first kappa shape index (κ1) is 21.6. The highest BCUT2D eigenvalue weighted by atomic mass is 16.5. The number of hydrogen-bond donors (Lipinski definition) is 3. The number of primary amides is 1. The van der Waals surface area contributed by atoms with Gasteiger partial charge in [-0.25, -0.2) is 0 Å². The molecular weight excluding hydrogens is 378 g/mol. The van der Waals surface area contributed by atoms with Gasteiger partial charge in [-0.3, -0.25) is 14.7 Å². The fraction of sp³-hybridized carbons (Fsp3) is 0.391. The third kappa shape index (κ3) is 5.51. The summed E-state index contributed by atoms with van der Waals surface area (Å²) in [5.74, 6) is 1.22. The number of nitrogens with one attached hydrogen (secondary N) is 2. The van der Waals surface area contributed by atoms with Gasteiger partial charge >= 0.3 is 0 Å². The number of ether oxygens (including phenoxy) is 1. The number of aliphatic imine (C=N–C) groups is 1. The van der Waals surface area contributed by atoms with Gasteiger partial charge in [-0.05, 0) is 49.7 Å². The van der Waals surface area contributed by atoms with Crippen molar-refractivity contribution in [2.45, 2.75) is 25.4 Å². The number of carbonyl (C=O) groups is 1. The lowest BCUT2D eigenvalue weighted by Gasteiger charge is -2.30. The van der Waals surface area contributed by atoms with Crippen molar-refractivity contribution < 1.29 is 9.53 Å². The molecule has 1 fully saturated rings. The van der Waals surface area contributed by atoms with Crippen molar-refractivity contribution in [3.8, 4) is 5.75 Å². The molecule has 3 rings (SSSR count). The summed E-state index contributed by atoms with van der Waals surface area (Å²) in [4.78, 5) is 18.1. The lowest BCUT2D eigenvalue weighted by atomic mass is 10.0. The van der Waals surface area contributed by atoms with Crippen LogP contribution in [0.15, 0.2) is 53.5 Å². The maximum absolute atomic E-state index is 11.2. The Bertz CT molecular complexity index is 860. The molecule has 1 amide bonds. The molecule has 1 aliphatic rings. The van der Waals surface area contributed by atoms with Crippen molar-refractivity contribution >= 4 is 11.9 Å². The molecule has 1 heterocycles. The van der Waals surface area contributed by atoms with Crippen LogP contribution in [0.1, 0.15) is 40.4 Å². The summed E-state index contributed by atoms with van der Waals surface area (Å²) in [5.41, 5.74) is 8.04. The smallest absolute Gasteiger partial charge is 0.248 e. The largest absolute Gasteiger partial charge is 0.496 e. The van der Waals surface area contributed by atoms with E-state index in [-0.39, 0.29) is 6.04 Å². The van der Waals surface area contributed by atoms with E-state index in [1.165, 1.54) is 18.4 Å². The number of likely N-dealkylation sites (tertiary alicyclic amines) is 1. The zero-order chi connectivity index (χ0) is 21.3. The predicted octanol–water partition coefficient (Wildman–Crippen LogP) is 2.30. The summed E-state index contributed by atoms with van der Waals surface area (Å²) < 4.78 is 5.62. The van der Waals surface area contributed by atoms with Gasteiger partial charge < -0.3 is 21.1 Å². The molecule has 1 aliphatic heterocycles. The highest BCUT2D eigenvalue weighted by Crippen LogP contribution is 2.31. The predicted molar refractivity (Wildman–Crippen MR) is 120 cm³/mol. The average molecular weight is 410 g/mol. The molecule has 7 nitrogen and oxygen atoms in total. The van der Waals surface area contributed by atoms with E-state index >= 15 is 0 Å². The fourth-order valence-corrected chi connectivity index (χ4v) is 3.82. The number of carbonyl (C=O) groups excluding carboxylic acids is 1. The SMILES string of the molecule is CN=C(NCc1ccc(C(N)=O)cc1)NCC(c1ccccc1OC)N1CCCC1. The van der Waals surface area contributed by atoms with Crippen molar-refractivity contribution in [1.29, 1.82) is 0 Å². The Morgan fingerprint density at radius 2 is 1.83 bits per heavy atom. The van der Waals surface area contributed by atoms with Gasteiger partial charge in [0.1, 0.15) is 5.75 Å². The molecule has 0 radical (unpaired) electrons. The van der Waals surface area contributed by atoms with Gasteiger partial charge in [0.25, 0.3) is 0 Å². The van der Waals surface area contributed by atoms with Crippen LogP contribution in [0, 0.1) is 0 Å².